The molecule has 4 nitrogen and oxygen atoms in total. The van der Waals surface area contributed by atoms with Gasteiger partial charge in [0.1, 0.15) is 17.2 Å². The molecule has 0 N–H and O–H groups in total. The maximum atomic E-state index is 10.9. The molecule has 2 aromatic rings. The fraction of sp³-hybridized carbons (Fsp3) is 0.0714. The van der Waals surface area contributed by atoms with Crippen molar-refractivity contribution in [1.29, 1.82) is 5.26 Å². The molecule has 0 aliphatic heterocycles. The van der Waals surface area contributed by atoms with Gasteiger partial charge in [-0.05, 0) is 36.4 Å². The predicted octanol–water partition coefficient (Wildman–Crippen LogP) is 0.0525. The maximum absolute atomic E-state index is 10.9. The first-order chi connectivity index (χ1) is 8.28. The third-order valence-electron chi connectivity index (χ3n) is 2.05. The minimum atomic E-state index is -0.0601. The molecule has 0 aliphatic rings. The molecular weight excluding hydrogens is 253 g/mol. The van der Waals surface area contributed by atoms with Crippen LogP contribution in [0.2, 0.25) is 0 Å². The van der Waals surface area contributed by atoms with Crippen molar-refractivity contribution in [2.75, 3.05) is 0 Å². The summed E-state index contributed by atoms with van der Waals surface area (Å²) in [5.41, 5.74) is 0. The van der Waals surface area contributed by atoms with E-state index in [0.29, 0.717) is 17.2 Å². The van der Waals surface area contributed by atoms with E-state index in [1.54, 1.807) is 42.7 Å². The van der Waals surface area contributed by atoms with Crippen LogP contribution in [0.4, 0.5) is 0 Å². The fourth-order valence-corrected chi connectivity index (χ4v) is 1.27. The SMILES string of the molecule is C.N#COc1ccc(Oc2ccc([O-])cc2)cc1.[Na+]. The van der Waals surface area contributed by atoms with Gasteiger partial charge in [0, 0.05) is 0 Å². The topological polar surface area (TPSA) is 65.3 Å². The Bertz CT molecular complexity index is 532. The van der Waals surface area contributed by atoms with E-state index in [9.17, 15) is 5.11 Å². The summed E-state index contributed by atoms with van der Waals surface area (Å²) < 4.78 is 10.1. The van der Waals surface area contributed by atoms with Gasteiger partial charge in [-0.25, -0.2) is 0 Å². The molecule has 92 valence electrons. The Hall–Kier alpha value is -1.67. The van der Waals surface area contributed by atoms with Gasteiger partial charge in [0.05, 0.1) is 0 Å². The molecular formula is C14H12NNaO3. The summed E-state index contributed by atoms with van der Waals surface area (Å²) in [6.07, 6.45) is 1.58. The Morgan fingerprint density at radius 2 is 1.26 bits per heavy atom. The summed E-state index contributed by atoms with van der Waals surface area (Å²) in [7, 11) is 0. The zero-order valence-corrected chi connectivity index (χ0v) is 11.8. The van der Waals surface area contributed by atoms with Gasteiger partial charge in [0.2, 0.25) is 0 Å². The molecule has 0 saturated carbocycles. The average molecular weight is 265 g/mol. The van der Waals surface area contributed by atoms with E-state index in [2.05, 4.69) is 4.74 Å². The standard InChI is InChI=1S/C13H9NO3.CH4.Na/c14-9-16-11-5-7-13(8-6-11)17-12-3-1-10(15)2-4-12;;/h1-8,15H;1H4;/q;;+1/p-1. The first-order valence-electron chi connectivity index (χ1n) is 4.89. The zero-order chi connectivity index (χ0) is 12.1. The quantitative estimate of drug-likeness (QED) is 0.581. The molecule has 0 atom stereocenters. The van der Waals surface area contributed by atoms with Crippen LogP contribution in [-0.4, -0.2) is 0 Å². The molecule has 19 heavy (non-hydrogen) atoms. The van der Waals surface area contributed by atoms with Crippen molar-refractivity contribution in [3.05, 3.63) is 48.5 Å². The van der Waals surface area contributed by atoms with Crippen LogP contribution in [0, 0.1) is 11.5 Å². The van der Waals surface area contributed by atoms with Crippen LogP contribution in [-0.2, 0) is 0 Å². The molecule has 0 spiro atoms. The van der Waals surface area contributed by atoms with Gasteiger partial charge < -0.3 is 14.6 Å². The van der Waals surface area contributed by atoms with Crippen LogP contribution in [0.5, 0.6) is 23.0 Å². The molecule has 0 saturated heterocycles. The molecule has 0 unspecified atom stereocenters. The Kier molecular flexibility index (Phi) is 7.69. The maximum Gasteiger partial charge on any atom is 1.00 e. The third-order valence-corrected chi connectivity index (χ3v) is 2.05. The molecule has 0 aliphatic carbocycles. The van der Waals surface area contributed by atoms with Crippen LogP contribution in [0.3, 0.4) is 0 Å². The van der Waals surface area contributed by atoms with Crippen molar-refractivity contribution in [1.82, 2.24) is 0 Å². The summed E-state index contributed by atoms with van der Waals surface area (Å²) in [5, 5.41) is 19.2. The first kappa shape index (κ1) is 17.3. The Morgan fingerprint density at radius 1 is 0.842 bits per heavy atom. The van der Waals surface area contributed by atoms with Crippen LogP contribution in [0.1, 0.15) is 7.43 Å². The number of nitriles is 1. The van der Waals surface area contributed by atoms with Gasteiger partial charge in [-0.2, -0.15) is 0 Å². The number of hydrogen-bond donors (Lipinski definition) is 0. The second-order valence-electron chi connectivity index (χ2n) is 3.24. The van der Waals surface area contributed by atoms with Gasteiger partial charge in [-0.15, -0.1) is 11.0 Å². The van der Waals surface area contributed by atoms with Crippen molar-refractivity contribution in [3.8, 4) is 29.3 Å². The van der Waals surface area contributed by atoms with Crippen LogP contribution < -0.4 is 44.1 Å². The van der Waals surface area contributed by atoms with Crippen molar-refractivity contribution in [2.24, 2.45) is 0 Å². The normalized spacial score (nSPS) is 8.37. The number of rotatable bonds is 3. The monoisotopic (exact) mass is 265 g/mol. The van der Waals surface area contributed by atoms with E-state index >= 15 is 0 Å². The van der Waals surface area contributed by atoms with Crippen molar-refractivity contribution >= 4 is 0 Å². The minimum Gasteiger partial charge on any atom is -0.872 e. The van der Waals surface area contributed by atoms with E-state index < -0.39 is 0 Å². The molecule has 0 fully saturated rings. The molecule has 0 aromatic heterocycles. The van der Waals surface area contributed by atoms with Gasteiger partial charge >= 0.3 is 29.6 Å². The minimum absolute atomic E-state index is 0. The fourth-order valence-electron chi connectivity index (χ4n) is 1.27. The second kappa shape index (κ2) is 8.44. The van der Waals surface area contributed by atoms with Crippen molar-refractivity contribution in [2.45, 2.75) is 7.43 Å². The van der Waals surface area contributed by atoms with Gasteiger partial charge in [-0.3, -0.25) is 0 Å². The molecule has 0 heterocycles. The van der Waals surface area contributed by atoms with Gasteiger partial charge in [0.15, 0.2) is 0 Å². The van der Waals surface area contributed by atoms with Crippen LogP contribution in [0.25, 0.3) is 0 Å². The number of ether oxygens (including phenoxy) is 2. The number of benzene rings is 2. The summed E-state index contributed by atoms with van der Waals surface area (Å²) in [6.45, 7) is 0. The summed E-state index contributed by atoms with van der Waals surface area (Å²) >= 11 is 0. The second-order valence-corrected chi connectivity index (χ2v) is 3.24. The summed E-state index contributed by atoms with van der Waals surface area (Å²) in [4.78, 5) is 0. The predicted molar refractivity (Wildman–Crippen MR) is 65.4 cm³/mol. The van der Waals surface area contributed by atoms with Gasteiger partial charge in [-0.1, -0.05) is 19.6 Å². The summed E-state index contributed by atoms with van der Waals surface area (Å²) in [6, 6.07) is 12.7. The van der Waals surface area contributed by atoms with Crippen molar-refractivity contribution < 1.29 is 44.1 Å². The largest absolute Gasteiger partial charge is 1.00 e. The summed E-state index contributed by atoms with van der Waals surface area (Å²) in [5.74, 6) is 1.58. The Morgan fingerprint density at radius 3 is 1.74 bits per heavy atom. The third kappa shape index (κ3) is 5.23. The molecule has 0 bridgehead atoms. The molecule has 2 rings (SSSR count). The molecule has 0 radical (unpaired) electrons. The van der Waals surface area contributed by atoms with Crippen molar-refractivity contribution in [3.63, 3.8) is 0 Å². The van der Waals surface area contributed by atoms with E-state index in [-0.39, 0.29) is 42.7 Å². The Labute approximate surface area is 134 Å². The molecule has 0 amide bonds. The molecule has 5 heteroatoms. The first-order valence-corrected chi connectivity index (χ1v) is 4.89. The Balaban J connectivity index is 0.00000162. The van der Waals surface area contributed by atoms with E-state index in [4.69, 9.17) is 10.00 Å². The van der Waals surface area contributed by atoms with E-state index in [1.165, 1.54) is 12.1 Å². The molecule has 2 aromatic carbocycles. The van der Waals surface area contributed by atoms with Crippen LogP contribution in [0.15, 0.2) is 48.5 Å². The van der Waals surface area contributed by atoms with Gasteiger partial charge in [0.25, 0.3) is 6.26 Å². The number of nitrogens with zero attached hydrogens (tertiary/aromatic N) is 1. The average Bonchev–Trinajstić information content (AvgIpc) is 2.35. The zero-order valence-electron chi connectivity index (χ0n) is 9.79. The number of hydrogen-bond acceptors (Lipinski definition) is 4. The van der Waals surface area contributed by atoms with Crippen LogP contribution >= 0.6 is 0 Å². The van der Waals surface area contributed by atoms with E-state index in [0.717, 1.165) is 0 Å². The van der Waals surface area contributed by atoms with E-state index in [1.807, 2.05) is 0 Å². The smallest absolute Gasteiger partial charge is 0.872 e.